The highest BCUT2D eigenvalue weighted by atomic mass is 19.1. The van der Waals surface area contributed by atoms with E-state index >= 15 is 0 Å². The first-order valence-electron chi connectivity index (χ1n) is 3.08. The average Bonchev–Trinajstić information content (AvgIpc) is 2.08. The molecule has 0 saturated heterocycles. The van der Waals surface area contributed by atoms with Gasteiger partial charge in [0.05, 0.1) is 11.3 Å². The number of rotatable bonds is 1. The third-order valence-corrected chi connectivity index (χ3v) is 1.37. The van der Waals surface area contributed by atoms with E-state index in [2.05, 4.69) is 5.18 Å². The Balaban J connectivity index is 3.25. The van der Waals surface area contributed by atoms with Crippen molar-refractivity contribution in [1.29, 1.82) is 0 Å². The standard InChI is InChI=1S/C7H5FN2O2/c8-5-3-1-2-4(6(5)9)7(11)10-12/h1-3H,9H2. The highest BCUT2D eigenvalue weighted by molar-refractivity contribution is 5.99. The molecule has 0 heterocycles. The Kier molecular flexibility index (Phi) is 2.14. The lowest BCUT2D eigenvalue weighted by atomic mass is 10.1. The molecule has 2 N–H and O–H groups in total. The molecule has 1 amide bonds. The second-order valence-electron chi connectivity index (χ2n) is 2.10. The fourth-order valence-corrected chi connectivity index (χ4v) is 0.773. The van der Waals surface area contributed by atoms with Gasteiger partial charge in [0.25, 0.3) is 0 Å². The van der Waals surface area contributed by atoms with E-state index in [0.29, 0.717) is 0 Å². The third-order valence-electron chi connectivity index (χ3n) is 1.37. The van der Waals surface area contributed by atoms with Gasteiger partial charge >= 0.3 is 5.91 Å². The van der Waals surface area contributed by atoms with Crippen molar-refractivity contribution in [2.75, 3.05) is 5.73 Å². The minimum absolute atomic E-state index is 0.204. The minimum Gasteiger partial charge on any atom is -0.396 e. The molecule has 1 aromatic carbocycles. The lowest BCUT2D eigenvalue weighted by Gasteiger charge is -1.99. The number of halogens is 1. The number of nitroso groups, excluding NO2 is 1. The Bertz CT molecular complexity index is 338. The van der Waals surface area contributed by atoms with Crippen LogP contribution in [0.25, 0.3) is 0 Å². The lowest BCUT2D eigenvalue weighted by molar-refractivity contribution is 0.100. The summed E-state index contributed by atoms with van der Waals surface area (Å²) in [5.41, 5.74) is 4.62. The lowest BCUT2D eigenvalue weighted by Crippen LogP contribution is -2.02. The summed E-state index contributed by atoms with van der Waals surface area (Å²) >= 11 is 0. The van der Waals surface area contributed by atoms with Crippen molar-refractivity contribution >= 4 is 11.6 Å². The van der Waals surface area contributed by atoms with Gasteiger partial charge in [0, 0.05) is 5.18 Å². The maximum Gasteiger partial charge on any atom is 0.318 e. The summed E-state index contributed by atoms with van der Waals surface area (Å²) in [6.45, 7) is 0. The van der Waals surface area contributed by atoms with Crippen LogP contribution in [0.2, 0.25) is 0 Å². The molecule has 1 rings (SSSR count). The molecule has 0 radical (unpaired) electrons. The first-order valence-corrected chi connectivity index (χ1v) is 3.08. The molecule has 0 spiro atoms. The summed E-state index contributed by atoms with van der Waals surface area (Å²) in [7, 11) is 0. The van der Waals surface area contributed by atoms with Crippen molar-refractivity contribution in [3.63, 3.8) is 0 Å². The van der Waals surface area contributed by atoms with Crippen LogP contribution in [0.5, 0.6) is 0 Å². The number of hydrogen-bond acceptors (Lipinski definition) is 3. The molecule has 0 fully saturated rings. The van der Waals surface area contributed by atoms with Gasteiger partial charge in [0.2, 0.25) is 0 Å². The van der Waals surface area contributed by atoms with E-state index in [4.69, 9.17) is 5.73 Å². The van der Waals surface area contributed by atoms with Gasteiger partial charge in [-0.1, -0.05) is 6.07 Å². The number of nitrogens with two attached hydrogens (primary N) is 1. The molecule has 12 heavy (non-hydrogen) atoms. The number of benzene rings is 1. The predicted molar refractivity (Wildman–Crippen MR) is 40.9 cm³/mol. The molecule has 0 bridgehead atoms. The SMILES string of the molecule is Nc1c(F)cccc1C(=O)N=O. The van der Waals surface area contributed by atoms with Crippen LogP contribution in [0.1, 0.15) is 10.4 Å². The molecule has 0 aromatic heterocycles. The van der Waals surface area contributed by atoms with Crippen LogP contribution in [-0.4, -0.2) is 5.91 Å². The van der Waals surface area contributed by atoms with Crippen molar-refractivity contribution in [2.45, 2.75) is 0 Å². The van der Waals surface area contributed by atoms with E-state index in [1.54, 1.807) is 0 Å². The van der Waals surface area contributed by atoms with Crippen LogP contribution in [0.4, 0.5) is 10.1 Å². The highest BCUT2D eigenvalue weighted by Gasteiger charge is 2.11. The van der Waals surface area contributed by atoms with E-state index in [1.165, 1.54) is 12.1 Å². The normalized spacial score (nSPS) is 9.42. The van der Waals surface area contributed by atoms with Crippen molar-refractivity contribution in [3.8, 4) is 0 Å². The molecule has 0 saturated carbocycles. The van der Waals surface area contributed by atoms with E-state index in [9.17, 15) is 14.1 Å². The Hall–Kier alpha value is -1.78. The van der Waals surface area contributed by atoms with Gasteiger partial charge in [0.15, 0.2) is 0 Å². The second-order valence-corrected chi connectivity index (χ2v) is 2.10. The molecule has 0 aliphatic rings. The van der Waals surface area contributed by atoms with Crippen molar-refractivity contribution < 1.29 is 9.18 Å². The summed E-state index contributed by atoms with van der Waals surface area (Å²) in [5.74, 6) is -1.79. The Morgan fingerprint density at radius 2 is 2.17 bits per heavy atom. The van der Waals surface area contributed by atoms with Crippen molar-refractivity contribution in [2.24, 2.45) is 5.18 Å². The van der Waals surface area contributed by atoms with Gasteiger partial charge < -0.3 is 5.73 Å². The third kappa shape index (κ3) is 1.29. The Morgan fingerprint density at radius 3 is 2.75 bits per heavy atom. The molecule has 5 heteroatoms. The minimum atomic E-state index is -1.06. The topological polar surface area (TPSA) is 72.5 Å². The fraction of sp³-hybridized carbons (Fsp3) is 0. The maximum absolute atomic E-state index is 12.7. The van der Waals surface area contributed by atoms with Crippen LogP contribution in [0, 0.1) is 10.7 Å². The molecule has 4 nitrogen and oxygen atoms in total. The van der Waals surface area contributed by atoms with E-state index in [-0.39, 0.29) is 11.3 Å². The number of carbonyl (C=O) groups is 1. The maximum atomic E-state index is 12.7. The van der Waals surface area contributed by atoms with E-state index in [1.807, 2.05) is 0 Å². The van der Waals surface area contributed by atoms with Crippen LogP contribution >= 0.6 is 0 Å². The zero-order valence-electron chi connectivity index (χ0n) is 5.95. The van der Waals surface area contributed by atoms with E-state index < -0.39 is 11.7 Å². The zero-order chi connectivity index (χ0) is 9.14. The van der Waals surface area contributed by atoms with Gasteiger partial charge in [-0.05, 0) is 12.1 Å². The van der Waals surface area contributed by atoms with Crippen molar-refractivity contribution in [1.82, 2.24) is 0 Å². The molecule has 0 atom stereocenters. The second kappa shape index (κ2) is 3.08. The fourth-order valence-electron chi connectivity index (χ4n) is 0.773. The molecule has 1 aromatic rings. The molecule has 0 unspecified atom stereocenters. The summed E-state index contributed by atoms with van der Waals surface area (Å²) < 4.78 is 12.7. The van der Waals surface area contributed by atoms with Gasteiger partial charge in [-0.2, -0.15) is 0 Å². The Labute approximate surface area is 67.2 Å². The first-order chi connectivity index (χ1) is 5.66. The summed E-state index contributed by atoms with van der Waals surface area (Å²) in [5, 5.41) is 2.13. The predicted octanol–water partition coefficient (Wildman–Crippen LogP) is 1.31. The zero-order valence-corrected chi connectivity index (χ0v) is 5.95. The number of hydrogen-bond donors (Lipinski definition) is 1. The summed E-state index contributed by atoms with van der Waals surface area (Å²) in [6, 6.07) is 3.61. The molecule has 0 aliphatic carbocycles. The summed E-state index contributed by atoms with van der Waals surface area (Å²) in [4.78, 5) is 20.5. The first kappa shape index (κ1) is 8.32. The largest absolute Gasteiger partial charge is 0.396 e. The van der Waals surface area contributed by atoms with Crippen LogP contribution < -0.4 is 5.73 Å². The van der Waals surface area contributed by atoms with Gasteiger partial charge in [-0.15, -0.1) is 4.91 Å². The molecule has 62 valence electrons. The number of anilines is 1. The highest BCUT2D eigenvalue weighted by Crippen LogP contribution is 2.16. The number of nitrogen functional groups attached to an aromatic ring is 1. The van der Waals surface area contributed by atoms with Crippen molar-refractivity contribution in [3.05, 3.63) is 34.5 Å². The van der Waals surface area contributed by atoms with Crippen LogP contribution in [0.3, 0.4) is 0 Å². The number of para-hydroxylation sites is 1. The van der Waals surface area contributed by atoms with Crippen LogP contribution in [0.15, 0.2) is 23.4 Å². The molecular formula is C7H5FN2O2. The summed E-state index contributed by atoms with van der Waals surface area (Å²) in [6.07, 6.45) is 0. The monoisotopic (exact) mass is 168 g/mol. The molecule has 0 aliphatic heterocycles. The quantitative estimate of drug-likeness (QED) is 0.507. The van der Waals surface area contributed by atoms with E-state index in [0.717, 1.165) is 6.07 Å². The number of amides is 1. The number of carbonyl (C=O) groups excluding carboxylic acids is 1. The average molecular weight is 168 g/mol. The number of nitrogens with zero attached hydrogens (tertiary/aromatic N) is 1. The van der Waals surface area contributed by atoms with Gasteiger partial charge in [-0.3, -0.25) is 4.79 Å². The van der Waals surface area contributed by atoms with Gasteiger partial charge in [0.1, 0.15) is 5.82 Å². The Morgan fingerprint density at radius 1 is 1.50 bits per heavy atom. The smallest absolute Gasteiger partial charge is 0.318 e. The van der Waals surface area contributed by atoms with Gasteiger partial charge in [-0.25, -0.2) is 4.39 Å². The van der Waals surface area contributed by atoms with Crippen LogP contribution in [-0.2, 0) is 0 Å². The molecular weight excluding hydrogens is 163 g/mol.